The lowest BCUT2D eigenvalue weighted by Gasteiger charge is -2.02. The Balaban J connectivity index is 2.28. The van der Waals surface area contributed by atoms with E-state index in [9.17, 15) is 0 Å². The van der Waals surface area contributed by atoms with Gasteiger partial charge in [-0.3, -0.25) is 4.68 Å². The van der Waals surface area contributed by atoms with Crippen molar-refractivity contribution in [3.8, 4) is 11.4 Å². The summed E-state index contributed by atoms with van der Waals surface area (Å²) in [5, 5.41) is 4.91. The second-order valence-electron chi connectivity index (χ2n) is 3.80. The third-order valence-corrected chi connectivity index (χ3v) is 2.65. The summed E-state index contributed by atoms with van der Waals surface area (Å²) in [5.41, 5.74) is 7.60. The van der Waals surface area contributed by atoms with Crippen LogP contribution in [0, 0.1) is 0 Å². The van der Waals surface area contributed by atoms with Crippen LogP contribution < -0.4 is 5.73 Å². The highest BCUT2D eigenvalue weighted by Crippen LogP contribution is 2.21. The molecule has 5 nitrogen and oxygen atoms in total. The molecule has 0 aliphatic rings. The molecule has 2 N–H and O–H groups in total. The smallest absolute Gasteiger partial charge is 0.163 e. The van der Waals surface area contributed by atoms with Crippen LogP contribution in [0.5, 0.6) is 0 Å². The van der Waals surface area contributed by atoms with E-state index in [1.165, 1.54) is 0 Å². The van der Waals surface area contributed by atoms with Crippen LogP contribution in [0.3, 0.4) is 0 Å². The van der Waals surface area contributed by atoms with Crippen molar-refractivity contribution < 1.29 is 0 Å². The van der Waals surface area contributed by atoms with Crippen LogP contribution in [0.1, 0.15) is 0 Å². The van der Waals surface area contributed by atoms with Crippen LogP contribution in [-0.2, 0) is 7.05 Å². The molecule has 5 heteroatoms. The summed E-state index contributed by atoms with van der Waals surface area (Å²) in [6.07, 6.45) is 1.68. The van der Waals surface area contributed by atoms with Crippen molar-refractivity contribution in [2.75, 3.05) is 5.73 Å². The van der Waals surface area contributed by atoms with E-state index >= 15 is 0 Å². The quantitative estimate of drug-likeness (QED) is 0.683. The molecule has 0 saturated carbocycles. The lowest BCUT2D eigenvalue weighted by atomic mass is 10.2. The van der Waals surface area contributed by atoms with E-state index in [1.54, 1.807) is 10.9 Å². The van der Waals surface area contributed by atoms with Crippen molar-refractivity contribution in [3.05, 3.63) is 36.5 Å². The summed E-state index contributed by atoms with van der Waals surface area (Å²) in [7, 11) is 1.84. The Morgan fingerprint density at radius 1 is 1.12 bits per heavy atom. The van der Waals surface area contributed by atoms with E-state index in [2.05, 4.69) is 15.1 Å². The number of nitrogens with two attached hydrogens (primary N) is 1. The van der Waals surface area contributed by atoms with Crippen molar-refractivity contribution in [1.82, 2.24) is 19.7 Å². The largest absolute Gasteiger partial charge is 0.383 e. The molecule has 0 fully saturated rings. The molecule has 2 heterocycles. The van der Waals surface area contributed by atoms with Crippen LogP contribution in [0.2, 0.25) is 0 Å². The zero-order valence-corrected chi connectivity index (χ0v) is 9.33. The maximum atomic E-state index is 5.90. The first-order valence-electron chi connectivity index (χ1n) is 5.26. The van der Waals surface area contributed by atoms with Crippen molar-refractivity contribution in [3.63, 3.8) is 0 Å². The average molecular weight is 225 g/mol. The molecule has 17 heavy (non-hydrogen) atoms. The van der Waals surface area contributed by atoms with Crippen molar-refractivity contribution in [2.45, 2.75) is 0 Å². The van der Waals surface area contributed by atoms with Gasteiger partial charge in [-0.1, -0.05) is 30.3 Å². The third kappa shape index (κ3) is 1.52. The summed E-state index contributed by atoms with van der Waals surface area (Å²) >= 11 is 0. The molecular formula is C12H11N5. The first kappa shape index (κ1) is 9.77. The number of fused-ring (bicyclic) bond motifs is 1. The fraction of sp³-hybridized carbons (Fsp3) is 0.0833. The highest BCUT2D eigenvalue weighted by molar-refractivity contribution is 5.86. The summed E-state index contributed by atoms with van der Waals surface area (Å²) in [6.45, 7) is 0. The normalized spacial score (nSPS) is 10.9. The van der Waals surface area contributed by atoms with E-state index in [0.717, 1.165) is 16.6 Å². The SMILES string of the molecule is Cn1ncc2c(N)nc(-c3ccccc3)nc21. The van der Waals surface area contributed by atoms with Gasteiger partial charge in [-0.15, -0.1) is 0 Å². The highest BCUT2D eigenvalue weighted by atomic mass is 15.3. The number of nitrogen functional groups attached to an aromatic ring is 1. The molecular weight excluding hydrogens is 214 g/mol. The Morgan fingerprint density at radius 3 is 2.65 bits per heavy atom. The van der Waals surface area contributed by atoms with Crippen LogP contribution in [0.4, 0.5) is 5.82 Å². The molecule has 0 amide bonds. The van der Waals surface area contributed by atoms with Crippen LogP contribution in [-0.4, -0.2) is 19.7 Å². The minimum Gasteiger partial charge on any atom is -0.383 e. The summed E-state index contributed by atoms with van der Waals surface area (Å²) < 4.78 is 1.69. The predicted molar refractivity (Wildman–Crippen MR) is 66.2 cm³/mol. The van der Waals surface area contributed by atoms with Gasteiger partial charge in [-0.2, -0.15) is 5.10 Å². The monoisotopic (exact) mass is 225 g/mol. The number of aryl methyl sites for hydroxylation is 1. The minimum atomic E-state index is 0.460. The average Bonchev–Trinajstić information content (AvgIpc) is 2.73. The maximum absolute atomic E-state index is 5.90. The van der Waals surface area contributed by atoms with Gasteiger partial charge in [-0.25, -0.2) is 9.97 Å². The van der Waals surface area contributed by atoms with Gasteiger partial charge in [0.05, 0.1) is 11.6 Å². The maximum Gasteiger partial charge on any atom is 0.163 e. The van der Waals surface area contributed by atoms with Crippen LogP contribution in [0.15, 0.2) is 36.5 Å². The highest BCUT2D eigenvalue weighted by Gasteiger charge is 2.09. The number of hydrogen-bond donors (Lipinski definition) is 1. The Morgan fingerprint density at radius 2 is 1.88 bits per heavy atom. The number of benzene rings is 1. The van der Waals surface area contributed by atoms with Gasteiger partial charge >= 0.3 is 0 Å². The molecule has 0 bridgehead atoms. The Kier molecular flexibility index (Phi) is 2.04. The zero-order chi connectivity index (χ0) is 11.8. The van der Waals surface area contributed by atoms with E-state index in [0.29, 0.717) is 11.6 Å². The van der Waals surface area contributed by atoms with Gasteiger partial charge in [0, 0.05) is 12.6 Å². The third-order valence-electron chi connectivity index (χ3n) is 2.65. The summed E-state index contributed by atoms with van der Waals surface area (Å²) in [6, 6.07) is 9.76. The zero-order valence-electron chi connectivity index (χ0n) is 9.33. The molecule has 84 valence electrons. The Hall–Kier alpha value is -2.43. The lowest BCUT2D eigenvalue weighted by molar-refractivity contribution is 0.786. The van der Waals surface area contributed by atoms with Gasteiger partial charge < -0.3 is 5.73 Å². The molecule has 0 aliphatic heterocycles. The molecule has 3 rings (SSSR count). The topological polar surface area (TPSA) is 69.6 Å². The van der Waals surface area contributed by atoms with Gasteiger partial charge in [0.25, 0.3) is 0 Å². The molecule has 3 aromatic rings. The number of rotatable bonds is 1. The van der Waals surface area contributed by atoms with Gasteiger partial charge in [0.1, 0.15) is 5.82 Å². The van der Waals surface area contributed by atoms with Gasteiger partial charge in [0.15, 0.2) is 11.5 Å². The number of nitrogens with zero attached hydrogens (tertiary/aromatic N) is 4. The predicted octanol–water partition coefficient (Wildman–Crippen LogP) is 1.61. The number of aromatic nitrogens is 4. The molecule has 1 aromatic carbocycles. The molecule has 0 spiro atoms. The van der Waals surface area contributed by atoms with Crippen molar-refractivity contribution in [2.24, 2.45) is 7.05 Å². The van der Waals surface area contributed by atoms with Crippen LogP contribution in [0.25, 0.3) is 22.4 Å². The second-order valence-corrected chi connectivity index (χ2v) is 3.80. The summed E-state index contributed by atoms with van der Waals surface area (Å²) in [5.74, 6) is 1.08. The first-order valence-corrected chi connectivity index (χ1v) is 5.26. The molecule has 0 aliphatic carbocycles. The first-order chi connectivity index (χ1) is 8.25. The van der Waals surface area contributed by atoms with Crippen molar-refractivity contribution >= 4 is 16.9 Å². The van der Waals surface area contributed by atoms with Gasteiger partial charge in [-0.05, 0) is 0 Å². The Labute approximate surface area is 97.9 Å². The fourth-order valence-electron chi connectivity index (χ4n) is 1.76. The minimum absolute atomic E-state index is 0.460. The summed E-state index contributed by atoms with van der Waals surface area (Å²) in [4.78, 5) is 8.77. The molecule has 2 aromatic heterocycles. The number of hydrogen-bond acceptors (Lipinski definition) is 4. The molecule has 0 saturated heterocycles. The van der Waals surface area contributed by atoms with E-state index in [1.807, 2.05) is 37.4 Å². The molecule has 0 radical (unpaired) electrons. The number of anilines is 1. The van der Waals surface area contributed by atoms with E-state index in [-0.39, 0.29) is 0 Å². The van der Waals surface area contributed by atoms with Gasteiger partial charge in [0.2, 0.25) is 0 Å². The standard InChI is InChI=1S/C12H11N5/c1-17-12-9(7-14-17)10(13)15-11(16-12)8-5-3-2-4-6-8/h2-7H,1H3,(H2,13,15,16). The Bertz CT molecular complexity index is 672. The van der Waals surface area contributed by atoms with Crippen LogP contribution >= 0.6 is 0 Å². The lowest BCUT2D eigenvalue weighted by Crippen LogP contribution is -1.99. The second kappa shape index (κ2) is 3.55. The van der Waals surface area contributed by atoms with Crippen molar-refractivity contribution in [1.29, 1.82) is 0 Å². The molecule has 0 unspecified atom stereocenters. The fourth-order valence-corrected chi connectivity index (χ4v) is 1.76. The molecule has 0 atom stereocenters. The van der Waals surface area contributed by atoms with E-state index < -0.39 is 0 Å². The van der Waals surface area contributed by atoms with E-state index in [4.69, 9.17) is 5.73 Å².